The second kappa shape index (κ2) is 8.50. The number of hydrogen-bond donors (Lipinski definition) is 1. The molecule has 2 aromatic rings. The predicted molar refractivity (Wildman–Crippen MR) is 97.2 cm³/mol. The number of amides is 2. The van der Waals surface area contributed by atoms with Gasteiger partial charge in [0.05, 0.1) is 0 Å². The Kier molecular flexibility index (Phi) is 6.38. The fourth-order valence-electron chi connectivity index (χ4n) is 2.35. The van der Waals surface area contributed by atoms with Crippen LogP contribution >= 0.6 is 11.6 Å². The summed E-state index contributed by atoms with van der Waals surface area (Å²) in [6, 6.07) is 18.2. The van der Waals surface area contributed by atoms with Gasteiger partial charge in [-0.1, -0.05) is 48.5 Å². The topological polar surface area (TPSA) is 49.4 Å². The first-order chi connectivity index (χ1) is 11.5. The van der Waals surface area contributed by atoms with Crippen LogP contribution in [0, 0.1) is 0 Å². The van der Waals surface area contributed by atoms with Crippen molar-refractivity contribution in [1.29, 1.82) is 0 Å². The van der Waals surface area contributed by atoms with E-state index in [1.54, 1.807) is 18.9 Å². The van der Waals surface area contributed by atoms with E-state index in [4.69, 9.17) is 11.6 Å². The minimum absolute atomic E-state index is 0.185. The van der Waals surface area contributed by atoms with Crippen LogP contribution in [0.1, 0.15) is 12.5 Å². The molecule has 2 amide bonds. The second-order valence-corrected chi connectivity index (χ2v) is 6.25. The van der Waals surface area contributed by atoms with Crippen LogP contribution in [0.25, 0.3) is 0 Å². The van der Waals surface area contributed by atoms with E-state index in [2.05, 4.69) is 5.32 Å². The number of anilines is 1. The standard InChI is InChI=1S/C19H21ClN2O2/c1-14(20)18(23)21-17(13-15-9-5-3-6-10-15)19(24)22(2)16-11-7-4-8-12-16/h3-12,14,17H,13H2,1-2H3,(H,21,23)/t14?,17-/m0/s1. The molecule has 2 atom stereocenters. The highest BCUT2D eigenvalue weighted by Gasteiger charge is 2.26. The van der Waals surface area contributed by atoms with E-state index in [1.165, 1.54) is 0 Å². The third-order valence-electron chi connectivity index (χ3n) is 3.73. The molecular weight excluding hydrogens is 324 g/mol. The molecule has 1 unspecified atom stereocenters. The smallest absolute Gasteiger partial charge is 0.249 e. The van der Waals surface area contributed by atoms with Crippen molar-refractivity contribution in [3.63, 3.8) is 0 Å². The molecule has 24 heavy (non-hydrogen) atoms. The molecule has 4 nitrogen and oxygen atoms in total. The molecule has 0 saturated carbocycles. The summed E-state index contributed by atoms with van der Waals surface area (Å²) in [7, 11) is 1.70. The largest absolute Gasteiger partial charge is 0.343 e. The Balaban J connectivity index is 2.20. The van der Waals surface area contributed by atoms with E-state index in [0.29, 0.717) is 6.42 Å². The molecule has 5 heteroatoms. The van der Waals surface area contributed by atoms with E-state index in [-0.39, 0.29) is 11.8 Å². The van der Waals surface area contributed by atoms with Crippen molar-refractivity contribution in [2.45, 2.75) is 24.8 Å². The van der Waals surface area contributed by atoms with E-state index < -0.39 is 11.4 Å². The lowest BCUT2D eigenvalue weighted by atomic mass is 10.0. The molecule has 0 bridgehead atoms. The molecule has 0 aliphatic carbocycles. The van der Waals surface area contributed by atoms with Gasteiger partial charge in [-0.25, -0.2) is 0 Å². The summed E-state index contributed by atoms with van der Waals surface area (Å²) in [5.41, 5.74) is 1.74. The first-order valence-electron chi connectivity index (χ1n) is 7.80. The number of para-hydroxylation sites is 1. The van der Waals surface area contributed by atoms with E-state index >= 15 is 0 Å². The van der Waals surface area contributed by atoms with Gasteiger partial charge in [0.1, 0.15) is 11.4 Å². The van der Waals surface area contributed by atoms with E-state index in [0.717, 1.165) is 11.3 Å². The third kappa shape index (κ3) is 4.83. The minimum atomic E-state index is -0.696. The molecule has 2 rings (SSSR count). The Bertz CT molecular complexity index is 674. The zero-order valence-corrected chi connectivity index (χ0v) is 14.5. The van der Waals surface area contributed by atoms with Crippen molar-refractivity contribution in [2.24, 2.45) is 0 Å². The van der Waals surface area contributed by atoms with Gasteiger partial charge in [-0.3, -0.25) is 9.59 Å². The van der Waals surface area contributed by atoms with Gasteiger partial charge in [0.25, 0.3) is 0 Å². The van der Waals surface area contributed by atoms with E-state index in [9.17, 15) is 9.59 Å². The fraction of sp³-hybridized carbons (Fsp3) is 0.263. The summed E-state index contributed by atoms with van der Waals surface area (Å²) in [5.74, 6) is -0.539. The number of likely N-dealkylation sites (N-methyl/N-ethyl adjacent to an activating group) is 1. The van der Waals surface area contributed by atoms with Crippen molar-refractivity contribution in [3.8, 4) is 0 Å². The monoisotopic (exact) mass is 344 g/mol. The maximum atomic E-state index is 12.9. The molecular formula is C19H21ClN2O2. The minimum Gasteiger partial charge on any atom is -0.343 e. The lowest BCUT2D eigenvalue weighted by Crippen LogP contribution is -2.50. The number of nitrogens with zero attached hydrogens (tertiary/aromatic N) is 1. The lowest BCUT2D eigenvalue weighted by Gasteiger charge is -2.25. The molecule has 0 aliphatic rings. The predicted octanol–water partition coefficient (Wildman–Crippen LogP) is 3.00. The van der Waals surface area contributed by atoms with Crippen molar-refractivity contribution in [3.05, 3.63) is 66.2 Å². The first kappa shape index (κ1) is 18.0. The Morgan fingerprint density at radius 3 is 2.12 bits per heavy atom. The highest BCUT2D eigenvalue weighted by molar-refractivity contribution is 6.30. The molecule has 0 aromatic heterocycles. The highest BCUT2D eigenvalue weighted by Crippen LogP contribution is 2.14. The number of carbonyl (C=O) groups excluding carboxylic acids is 2. The Labute approximate surface area is 147 Å². The number of benzene rings is 2. The SMILES string of the molecule is CC(Cl)C(=O)N[C@@H](Cc1ccccc1)C(=O)N(C)c1ccccc1. The average Bonchev–Trinajstić information content (AvgIpc) is 2.61. The number of rotatable bonds is 6. The molecule has 0 spiro atoms. The van der Waals surface area contributed by atoms with Crippen LogP contribution in [0.2, 0.25) is 0 Å². The number of hydrogen-bond acceptors (Lipinski definition) is 2. The van der Waals surface area contributed by atoms with Gasteiger partial charge in [-0.15, -0.1) is 11.6 Å². The van der Waals surface area contributed by atoms with Crippen molar-refractivity contribution >= 4 is 29.1 Å². The van der Waals surface area contributed by atoms with Crippen molar-refractivity contribution < 1.29 is 9.59 Å². The van der Waals surface area contributed by atoms with E-state index in [1.807, 2.05) is 60.7 Å². The summed E-state index contributed by atoms with van der Waals surface area (Å²) in [5, 5.41) is 2.06. The van der Waals surface area contributed by atoms with Crippen LogP contribution in [0.3, 0.4) is 0 Å². The van der Waals surface area contributed by atoms with Gasteiger partial charge in [0.15, 0.2) is 0 Å². The van der Waals surface area contributed by atoms with Crippen LogP contribution in [0.5, 0.6) is 0 Å². The van der Waals surface area contributed by atoms with Crippen molar-refractivity contribution in [2.75, 3.05) is 11.9 Å². The summed E-state index contributed by atoms with van der Waals surface area (Å²) in [4.78, 5) is 26.4. The Morgan fingerprint density at radius 2 is 1.58 bits per heavy atom. The molecule has 1 N–H and O–H groups in total. The fourth-order valence-corrected chi connectivity index (χ4v) is 2.41. The summed E-state index contributed by atoms with van der Waals surface area (Å²) >= 11 is 5.84. The van der Waals surface area contributed by atoms with Crippen LogP contribution in [-0.2, 0) is 16.0 Å². The van der Waals surface area contributed by atoms with Gasteiger partial charge in [-0.05, 0) is 24.6 Å². The molecule has 0 heterocycles. The second-order valence-electron chi connectivity index (χ2n) is 5.60. The molecule has 0 saturated heterocycles. The molecule has 126 valence electrons. The summed E-state index contributed by atoms with van der Waals surface area (Å²) < 4.78 is 0. The first-order valence-corrected chi connectivity index (χ1v) is 8.23. The number of carbonyl (C=O) groups is 2. The van der Waals surface area contributed by atoms with Gasteiger partial charge in [-0.2, -0.15) is 0 Å². The number of halogens is 1. The normalized spacial score (nSPS) is 13.0. The molecule has 0 fully saturated rings. The maximum Gasteiger partial charge on any atom is 0.249 e. The zero-order chi connectivity index (χ0) is 17.5. The average molecular weight is 345 g/mol. The van der Waals surface area contributed by atoms with Crippen molar-refractivity contribution in [1.82, 2.24) is 5.32 Å². The van der Waals surface area contributed by atoms with Gasteiger partial charge in [0.2, 0.25) is 11.8 Å². The highest BCUT2D eigenvalue weighted by atomic mass is 35.5. The molecule has 2 aromatic carbocycles. The third-order valence-corrected chi connectivity index (χ3v) is 3.93. The van der Waals surface area contributed by atoms with Crippen LogP contribution < -0.4 is 10.2 Å². The summed E-state index contributed by atoms with van der Waals surface area (Å²) in [6.45, 7) is 1.59. The number of alkyl halides is 1. The van der Waals surface area contributed by atoms with Gasteiger partial charge >= 0.3 is 0 Å². The van der Waals surface area contributed by atoms with Gasteiger partial charge < -0.3 is 10.2 Å². The lowest BCUT2D eigenvalue weighted by molar-refractivity contribution is -0.127. The Morgan fingerprint density at radius 1 is 1.04 bits per heavy atom. The maximum absolute atomic E-state index is 12.9. The van der Waals surface area contributed by atoms with Gasteiger partial charge in [0, 0.05) is 19.2 Å². The van der Waals surface area contributed by atoms with Crippen LogP contribution in [0.15, 0.2) is 60.7 Å². The number of nitrogens with one attached hydrogen (secondary N) is 1. The van der Waals surface area contributed by atoms with Crippen LogP contribution in [0.4, 0.5) is 5.69 Å². The Hall–Kier alpha value is -2.33. The zero-order valence-electron chi connectivity index (χ0n) is 13.8. The van der Waals surface area contributed by atoms with Crippen LogP contribution in [-0.4, -0.2) is 30.3 Å². The quantitative estimate of drug-likeness (QED) is 0.819. The molecule has 0 radical (unpaired) electrons. The molecule has 0 aliphatic heterocycles. The summed E-state index contributed by atoms with van der Waals surface area (Å²) in [6.07, 6.45) is 0.409.